The summed E-state index contributed by atoms with van der Waals surface area (Å²) < 4.78 is 0. The normalized spacial score (nSPS) is 17.7. The average Bonchev–Trinajstić information content (AvgIpc) is 3.32. The summed E-state index contributed by atoms with van der Waals surface area (Å²) in [6.07, 6.45) is -0.508. The second kappa shape index (κ2) is 15.6. The first-order valence-corrected chi connectivity index (χ1v) is 19.7. The standard InChI is InChI=1S/C52H40N6/c1-5-13-38(14-6-1)47-53-48(39-15-7-2-8-16-39)56-51(55-47)42-27-21-35(22-28-42)44-31-25-37-26-32-45(34-46(37)33-44)36-23-29-43(30-24-36)52-57-49(40-17-9-3-10-18-40)54-50(58-52)41-19-11-4-12-20-41/h1-34,47,49,51,55H,(H,53,56)(H,54,57,58). The minimum absolute atomic E-state index is 0.0731. The van der Waals surface area contributed by atoms with Crippen molar-refractivity contribution >= 4 is 28.3 Å². The van der Waals surface area contributed by atoms with Crippen LogP contribution in [0, 0.1) is 0 Å². The van der Waals surface area contributed by atoms with Crippen molar-refractivity contribution in [3.63, 3.8) is 0 Å². The van der Waals surface area contributed by atoms with Crippen LogP contribution in [0.5, 0.6) is 0 Å². The highest BCUT2D eigenvalue weighted by molar-refractivity contribution is 6.13. The summed E-state index contributed by atoms with van der Waals surface area (Å²) in [6.45, 7) is 0. The predicted octanol–water partition coefficient (Wildman–Crippen LogP) is 11.0. The van der Waals surface area contributed by atoms with Crippen LogP contribution in [0.3, 0.4) is 0 Å². The van der Waals surface area contributed by atoms with E-state index in [1.54, 1.807) is 0 Å². The molecule has 10 rings (SSSR count). The lowest BCUT2D eigenvalue weighted by Crippen LogP contribution is -2.44. The van der Waals surface area contributed by atoms with Crippen molar-refractivity contribution < 1.29 is 0 Å². The van der Waals surface area contributed by atoms with E-state index in [1.807, 2.05) is 48.5 Å². The number of benzene rings is 8. The van der Waals surface area contributed by atoms with E-state index in [-0.39, 0.29) is 18.5 Å². The maximum atomic E-state index is 5.12. The molecule has 0 fully saturated rings. The quantitative estimate of drug-likeness (QED) is 0.145. The molecule has 0 amide bonds. The minimum Gasteiger partial charge on any atom is -0.350 e. The first-order chi connectivity index (χ1) is 28.7. The van der Waals surface area contributed by atoms with Crippen molar-refractivity contribution in [1.29, 1.82) is 0 Å². The van der Waals surface area contributed by atoms with E-state index in [0.717, 1.165) is 62.0 Å². The Morgan fingerprint density at radius 1 is 0.328 bits per heavy atom. The third-order valence-corrected chi connectivity index (χ3v) is 10.8. The molecular formula is C52H40N6. The Kier molecular flexibility index (Phi) is 9.43. The van der Waals surface area contributed by atoms with Gasteiger partial charge >= 0.3 is 0 Å². The molecule has 0 bridgehead atoms. The number of aliphatic imine (C=N–C) groups is 3. The molecule has 58 heavy (non-hydrogen) atoms. The SMILES string of the molecule is c1ccc(C2=NC(c3ccccc3)NC(c3ccc(-c4ccc5ccc(-c6ccc(C7N=C(c8ccccc8)NC(c8ccccc8)N7)cc6)cc5c4)cc3)=N2)cc1. The molecule has 2 heterocycles. The zero-order valence-electron chi connectivity index (χ0n) is 31.7. The summed E-state index contributed by atoms with van der Waals surface area (Å²) in [5.41, 5.74) is 11.1. The Morgan fingerprint density at radius 2 is 0.810 bits per heavy atom. The lowest BCUT2D eigenvalue weighted by molar-refractivity contribution is 0.409. The molecular weight excluding hydrogens is 709 g/mol. The molecule has 0 aromatic heterocycles. The fourth-order valence-electron chi connectivity index (χ4n) is 7.69. The molecule has 0 saturated carbocycles. The van der Waals surface area contributed by atoms with Gasteiger partial charge in [-0.25, -0.2) is 15.0 Å². The van der Waals surface area contributed by atoms with Gasteiger partial charge in [-0.05, 0) is 61.8 Å². The highest BCUT2D eigenvalue weighted by Gasteiger charge is 2.25. The molecule has 6 heteroatoms. The lowest BCUT2D eigenvalue weighted by atomic mass is 9.96. The van der Waals surface area contributed by atoms with Gasteiger partial charge in [0.25, 0.3) is 0 Å². The second-order valence-corrected chi connectivity index (χ2v) is 14.6. The van der Waals surface area contributed by atoms with Crippen LogP contribution in [0.25, 0.3) is 33.0 Å². The fraction of sp³-hybridized carbons (Fsp3) is 0.0577. The van der Waals surface area contributed by atoms with Gasteiger partial charge in [-0.1, -0.05) is 194 Å². The van der Waals surface area contributed by atoms with Crippen molar-refractivity contribution in [2.24, 2.45) is 15.0 Å². The molecule has 3 N–H and O–H groups in total. The molecule has 2 aliphatic heterocycles. The highest BCUT2D eigenvalue weighted by Crippen LogP contribution is 2.32. The summed E-state index contributed by atoms with van der Waals surface area (Å²) in [5.74, 6) is 2.40. The highest BCUT2D eigenvalue weighted by atomic mass is 15.3. The van der Waals surface area contributed by atoms with Crippen LogP contribution in [-0.4, -0.2) is 17.5 Å². The number of rotatable bonds is 8. The topological polar surface area (TPSA) is 73.2 Å². The molecule has 2 aliphatic rings. The summed E-state index contributed by atoms with van der Waals surface area (Å²) in [4.78, 5) is 15.1. The Balaban J connectivity index is 0.901. The Hall–Kier alpha value is -7.41. The molecule has 0 radical (unpaired) electrons. The van der Waals surface area contributed by atoms with E-state index in [1.165, 1.54) is 21.9 Å². The smallest absolute Gasteiger partial charge is 0.159 e. The molecule has 6 nitrogen and oxygen atoms in total. The summed E-state index contributed by atoms with van der Waals surface area (Å²) >= 11 is 0. The first kappa shape index (κ1) is 35.0. The molecule has 0 saturated heterocycles. The van der Waals surface area contributed by atoms with Crippen LogP contribution >= 0.6 is 0 Å². The Labute approximate surface area is 338 Å². The van der Waals surface area contributed by atoms with E-state index in [9.17, 15) is 0 Å². The van der Waals surface area contributed by atoms with E-state index in [0.29, 0.717) is 0 Å². The number of fused-ring (bicyclic) bond motifs is 1. The number of hydrogen-bond donors (Lipinski definition) is 3. The molecule has 8 aromatic rings. The largest absolute Gasteiger partial charge is 0.350 e. The third-order valence-electron chi connectivity index (χ3n) is 10.8. The van der Waals surface area contributed by atoms with Crippen LogP contribution in [-0.2, 0) is 0 Å². The Bertz CT molecular complexity index is 2780. The minimum atomic E-state index is -0.233. The fourth-order valence-corrected chi connectivity index (χ4v) is 7.69. The summed E-state index contributed by atoms with van der Waals surface area (Å²) in [6, 6.07) is 72.1. The number of nitrogens with zero attached hydrogens (tertiary/aromatic N) is 3. The van der Waals surface area contributed by atoms with Gasteiger partial charge in [0.15, 0.2) is 5.84 Å². The molecule has 8 aromatic carbocycles. The number of amidine groups is 3. The zero-order valence-corrected chi connectivity index (χ0v) is 31.7. The second-order valence-electron chi connectivity index (χ2n) is 14.6. The molecule has 0 spiro atoms. The average molecular weight is 749 g/mol. The van der Waals surface area contributed by atoms with Crippen LogP contribution < -0.4 is 16.0 Å². The number of nitrogens with one attached hydrogen (secondary N) is 3. The van der Waals surface area contributed by atoms with Gasteiger partial charge in [-0.2, -0.15) is 0 Å². The van der Waals surface area contributed by atoms with Gasteiger partial charge in [0.05, 0.1) is 0 Å². The Morgan fingerprint density at radius 3 is 1.43 bits per heavy atom. The monoisotopic (exact) mass is 748 g/mol. The molecule has 3 unspecified atom stereocenters. The van der Waals surface area contributed by atoms with Crippen molar-refractivity contribution in [2.75, 3.05) is 0 Å². The maximum Gasteiger partial charge on any atom is 0.159 e. The molecule has 278 valence electrons. The van der Waals surface area contributed by atoms with Crippen molar-refractivity contribution in [2.45, 2.75) is 18.5 Å². The van der Waals surface area contributed by atoms with Crippen molar-refractivity contribution in [3.05, 3.63) is 240 Å². The molecule has 0 aliphatic carbocycles. The van der Waals surface area contributed by atoms with Crippen LogP contribution in [0.2, 0.25) is 0 Å². The van der Waals surface area contributed by atoms with E-state index >= 15 is 0 Å². The van der Waals surface area contributed by atoms with Gasteiger partial charge in [0.1, 0.15) is 30.2 Å². The van der Waals surface area contributed by atoms with Crippen LogP contribution in [0.4, 0.5) is 0 Å². The van der Waals surface area contributed by atoms with Crippen LogP contribution in [0.15, 0.2) is 221 Å². The lowest BCUT2D eigenvalue weighted by Gasteiger charge is -2.32. The van der Waals surface area contributed by atoms with Gasteiger partial charge < -0.3 is 10.6 Å². The van der Waals surface area contributed by atoms with E-state index < -0.39 is 0 Å². The third kappa shape index (κ3) is 7.32. The summed E-state index contributed by atoms with van der Waals surface area (Å²) in [7, 11) is 0. The van der Waals surface area contributed by atoms with Gasteiger partial charge in [0, 0.05) is 16.7 Å². The van der Waals surface area contributed by atoms with Crippen molar-refractivity contribution in [3.8, 4) is 22.3 Å². The van der Waals surface area contributed by atoms with E-state index in [2.05, 4.69) is 174 Å². The molecule has 3 atom stereocenters. The predicted molar refractivity (Wildman–Crippen MR) is 238 cm³/mol. The maximum absolute atomic E-state index is 5.12. The van der Waals surface area contributed by atoms with Crippen LogP contribution in [0.1, 0.15) is 51.9 Å². The van der Waals surface area contributed by atoms with Gasteiger partial charge in [0.2, 0.25) is 0 Å². The van der Waals surface area contributed by atoms with Gasteiger partial charge in [-0.15, -0.1) is 0 Å². The summed E-state index contributed by atoms with van der Waals surface area (Å²) in [5, 5.41) is 13.3. The first-order valence-electron chi connectivity index (χ1n) is 19.7. The van der Waals surface area contributed by atoms with Crippen molar-refractivity contribution in [1.82, 2.24) is 16.0 Å². The van der Waals surface area contributed by atoms with Gasteiger partial charge in [-0.3, -0.25) is 5.32 Å². The van der Waals surface area contributed by atoms with E-state index in [4.69, 9.17) is 15.0 Å². The number of hydrogen-bond acceptors (Lipinski definition) is 6. The zero-order chi connectivity index (χ0) is 38.7.